The number of phosphoric acid groups is 4. The summed E-state index contributed by atoms with van der Waals surface area (Å²) in [5.74, 6) is -0.723. The summed E-state index contributed by atoms with van der Waals surface area (Å²) in [5, 5.41) is 78.7. The van der Waals surface area contributed by atoms with Gasteiger partial charge < -0.3 is 101 Å². The van der Waals surface area contributed by atoms with E-state index in [1.807, 2.05) is 9.97 Å². The molecule has 13 rings (SSSR count). The molecule has 24 atom stereocenters. The van der Waals surface area contributed by atoms with Gasteiger partial charge in [-0.3, -0.25) is 83.8 Å². The number of nitrogen functional groups attached to an aromatic ring is 3. The van der Waals surface area contributed by atoms with E-state index in [0.29, 0.717) is 4.57 Å². The van der Waals surface area contributed by atoms with Crippen LogP contribution in [-0.4, -0.2) is 258 Å². The third kappa shape index (κ3) is 14.8. The number of rotatable bonds is 26. The third-order valence-corrected chi connectivity index (χ3v) is 20.7. The second-order valence-electron chi connectivity index (χ2n) is 23.3. The van der Waals surface area contributed by atoms with E-state index in [9.17, 15) is 97.6 Å². The maximum Gasteiger partial charge on any atom is 0.472 e. The highest BCUT2D eigenvalue weighted by Gasteiger charge is 2.56. The van der Waals surface area contributed by atoms with E-state index in [0.717, 1.165) is 59.2 Å². The van der Waals surface area contributed by atoms with Gasteiger partial charge in [0, 0.05) is 18.5 Å². The van der Waals surface area contributed by atoms with E-state index in [2.05, 4.69) is 49.8 Å². The molecular weight excluding hydrogens is 1490 g/mol. The maximum atomic E-state index is 14.3. The second-order valence-corrected chi connectivity index (χ2v) is 28.9. The zero-order chi connectivity index (χ0) is 74.4. The monoisotopic (exact) mass is 1550 g/mol. The summed E-state index contributed by atoms with van der Waals surface area (Å²) >= 11 is 0. The molecular formula is C48H59N19O33P4. The van der Waals surface area contributed by atoms with Crippen LogP contribution in [0.25, 0.3) is 33.5 Å². The number of anilines is 3. The van der Waals surface area contributed by atoms with Gasteiger partial charge in [0.1, 0.15) is 121 Å². The van der Waals surface area contributed by atoms with Crippen LogP contribution in [0, 0.1) is 0 Å². The first-order valence-corrected chi connectivity index (χ1v) is 36.0. The van der Waals surface area contributed by atoms with Crippen LogP contribution in [-0.2, 0) is 78.1 Å². The van der Waals surface area contributed by atoms with Crippen molar-refractivity contribution in [1.82, 2.24) is 78.1 Å². The molecule has 564 valence electrons. The Kier molecular flexibility index (Phi) is 20.6. The fourth-order valence-electron chi connectivity index (χ4n) is 11.9. The van der Waals surface area contributed by atoms with Crippen molar-refractivity contribution in [2.45, 2.75) is 123 Å². The van der Waals surface area contributed by atoms with Crippen molar-refractivity contribution in [3.63, 3.8) is 0 Å². The van der Waals surface area contributed by atoms with E-state index in [-0.39, 0.29) is 34.0 Å². The van der Waals surface area contributed by atoms with Gasteiger partial charge in [0.05, 0.1) is 57.6 Å². The lowest BCUT2D eigenvalue weighted by Crippen LogP contribution is -2.39. The summed E-state index contributed by atoms with van der Waals surface area (Å²) in [7, 11) is -23.0. The molecule has 0 aromatic carbocycles. The topological polar surface area (TPSA) is 760 Å². The van der Waals surface area contributed by atoms with Gasteiger partial charge in [-0.15, -0.1) is 0 Å². The minimum absolute atomic E-state index is 0.0487. The van der Waals surface area contributed by atoms with Gasteiger partial charge in [0.2, 0.25) is 5.95 Å². The number of hydrogen-bond acceptors (Lipinski definition) is 40. The number of aliphatic hydroxyl groups excluding tert-OH is 7. The van der Waals surface area contributed by atoms with Crippen LogP contribution in [0.3, 0.4) is 0 Å². The molecule has 5 saturated heterocycles. The Balaban J connectivity index is 0.730. The third-order valence-electron chi connectivity index (χ3n) is 16.7. The molecule has 5 fully saturated rings. The molecule has 56 heteroatoms. The molecule has 0 bridgehead atoms. The highest BCUT2D eigenvalue weighted by atomic mass is 31.2. The minimum Gasteiger partial charge on any atom is -0.394 e. The molecule has 0 saturated carbocycles. The average Bonchev–Trinajstić information content (AvgIpc) is 1.62. The zero-order valence-corrected chi connectivity index (χ0v) is 55.6. The van der Waals surface area contributed by atoms with Crippen LogP contribution in [0.4, 0.5) is 17.6 Å². The summed E-state index contributed by atoms with van der Waals surface area (Å²) in [5.41, 5.74) is 11.3. The lowest BCUT2D eigenvalue weighted by Gasteiger charge is -2.27. The lowest BCUT2D eigenvalue weighted by atomic mass is 10.0. The summed E-state index contributed by atoms with van der Waals surface area (Å²) in [6, 6.07) is 0.801. The predicted octanol–water partition coefficient (Wildman–Crippen LogP) is -7.63. The fourth-order valence-corrected chi connectivity index (χ4v) is 15.8. The Labute approximate surface area is 572 Å². The molecule has 0 spiro atoms. The number of nitrogens with one attached hydrogen (secondary N) is 4. The number of ether oxygens (including phenoxy) is 5. The van der Waals surface area contributed by atoms with Crippen molar-refractivity contribution in [1.29, 1.82) is 0 Å². The van der Waals surface area contributed by atoms with Crippen molar-refractivity contribution in [2.24, 2.45) is 0 Å². The van der Waals surface area contributed by atoms with Crippen molar-refractivity contribution < 1.29 is 133 Å². The van der Waals surface area contributed by atoms with Crippen LogP contribution in [0.2, 0.25) is 0 Å². The van der Waals surface area contributed by atoms with E-state index in [4.69, 9.17) is 77.1 Å². The molecule has 21 N–H and O–H groups in total. The van der Waals surface area contributed by atoms with E-state index >= 15 is 0 Å². The number of fused-ring (bicyclic) bond motifs is 3. The standard InChI is InChI=1S/C48H59N19O33P4/c49-35-21-37(55-9-53-35)65(11-57-21)42-25(71)24(70)16(93-42)5-88-101(80,81)98-32-17(94-43(27(32)73)64-2-1-20(69)60-48(64)79)6-90-103(84,85)100-34-19(96-45(29(34)75)67-13-59-23-39(67)61-46(51)62-41(23)77)8-91-104(86,87)99-33-18(95-44(28(33)74)66-12-58-22-36(50)54-10-56-38(22)66)7-89-102(82,83)97-31-15(4-68)92-30(26(31)72)14-3-52-47(78)63-40(14)76/h1-3,9-13,15-19,24-34,42-45,68,70-75H,4-8H2,(H,80,81)(H,82,83)(H,84,85)(H,86,87)(H2,49,53,55)(H2,50,54,56)(H,60,69,79)(H3,51,61,62,77)(H2,52,63,76,78)/t15-,16-,17-,18-,19-,24-,25-,26+,27-,28-,29-,30+,31-,32-,33-,34-,42-,43-,44-,45-/m1/s1. The van der Waals surface area contributed by atoms with Crippen molar-refractivity contribution in [2.75, 3.05) is 50.2 Å². The molecule has 5 aliphatic rings. The number of phosphoric ester groups is 4. The Morgan fingerprint density at radius 1 is 0.471 bits per heavy atom. The highest BCUT2D eigenvalue weighted by Crippen LogP contribution is 2.55. The first-order valence-electron chi connectivity index (χ1n) is 30.0. The number of H-pyrrole nitrogens is 4. The number of nitrogens with two attached hydrogens (primary N) is 3. The largest absolute Gasteiger partial charge is 0.472 e. The molecule has 52 nitrogen and oxygen atoms in total. The summed E-state index contributed by atoms with van der Waals surface area (Å²) in [4.78, 5) is 147. The molecule has 13 heterocycles. The van der Waals surface area contributed by atoms with Crippen LogP contribution in [0.5, 0.6) is 0 Å². The predicted molar refractivity (Wildman–Crippen MR) is 330 cm³/mol. The van der Waals surface area contributed by atoms with Gasteiger partial charge in [-0.1, -0.05) is 0 Å². The van der Waals surface area contributed by atoms with E-state index in [1.165, 1.54) is 4.57 Å². The summed E-state index contributed by atoms with van der Waals surface area (Å²) < 4.78 is 131. The van der Waals surface area contributed by atoms with Gasteiger partial charge in [-0.25, -0.2) is 62.7 Å². The van der Waals surface area contributed by atoms with Gasteiger partial charge in [0.15, 0.2) is 59.0 Å². The SMILES string of the molecule is Nc1nc2c(ncn2[C@@H]2O[C@H](COP(=O)(O)O[C@H]3[C@@H](O)[C@H](n4cnc5c(N)ncnc54)O[C@@H]3COP(=O)(O)O[C@H]3[C@@H](O)[C@H](c4c[nH]c(=O)[nH]c4=O)O[C@@H]3CO)[C@@H](OP(=O)(O)OC[C@H]3O[C@@H](n4ccc(=O)[nH]c4=O)[C@H](O)[C@@H]3OP(=O)(O)OC[C@H]3O[C@@H](n4cnc5c(N)ncnc54)[C@H](O)[C@@H]3O)[C@H]2O)c(=O)[nH]1. The quantitative estimate of drug-likeness (QED) is 0.0224. The molecule has 104 heavy (non-hydrogen) atoms. The molecule has 5 aliphatic heterocycles. The Bertz CT molecular complexity index is 5060. The van der Waals surface area contributed by atoms with Gasteiger partial charge in [0.25, 0.3) is 16.7 Å². The Hall–Kier alpha value is -7.83. The van der Waals surface area contributed by atoms with Crippen LogP contribution in [0.1, 0.15) is 36.6 Å². The van der Waals surface area contributed by atoms with Crippen LogP contribution < -0.4 is 45.3 Å². The number of aromatic nitrogens is 16. The number of imidazole rings is 3. The Morgan fingerprint density at radius 3 is 1.36 bits per heavy atom. The summed E-state index contributed by atoms with van der Waals surface area (Å²) in [6.45, 7) is -6.05. The molecule has 0 amide bonds. The molecule has 4 unspecified atom stereocenters. The van der Waals surface area contributed by atoms with Crippen LogP contribution >= 0.6 is 31.3 Å². The number of nitrogens with zero attached hydrogens (tertiary/aromatic N) is 12. The fraction of sp³-hybridized carbons (Fsp3) is 0.521. The number of aromatic amines is 4. The highest BCUT2D eigenvalue weighted by molar-refractivity contribution is 7.48. The van der Waals surface area contributed by atoms with E-state index < -0.39 is 238 Å². The van der Waals surface area contributed by atoms with Crippen molar-refractivity contribution in [3.8, 4) is 0 Å². The number of hydrogen-bond donors (Lipinski definition) is 18. The smallest absolute Gasteiger partial charge is 0.394 e. The first kappa shape index (κ1) is 74.4. The molecule has 8 aromatic rings. The molecule has 0 radical (unpaired) electrons. The van der Waals surface area contributed by atoms with Gasteiger partial charge >= 0.3 is 42.7 Å². The van der Waals surface area contributed by atoms with Crippen LogP contribution in [0.15, 0.2) is 74.1 Å². The number of aliphatic hydroxyl groups is 7. The normalized spacial score (nSPS) is 32.5. The van der Waals surface area contributed by atoms with Crippen molar-refractivity contribution >= 4 is 82.4 Å². The first-order chi connectivity index (χ1) is 49.2. The van der Waals surface area contributed by atoms with E-state index in [1.54, 1.807) is 0 Å². The van der Waals surface area contributed by atoms with Crippen molar-refractivity contribution in [3.05, 3.63) is 108 Å². The van der Waals surface area contributed by atoms with Gasteiger partial charge in [-0.2, -0.15) is 4.98 Å². The summed E-state index contributed by atoms with van der Waals surface area (Å²) in [6.07, 6.45) is -32.7. The average molecular weight is 1550 g/mol. The molecule has 0 aliphatic carbocycles. The van der Waals surface area contributed by atoms with Gasteiger partial charge in [-0.05, 0) is 0 Å². The zero-order valence-electron chi connectivity index (χ0n) is 52.0. The second kappa shape index (κ2) is 28.8. The molecule has 8 aromatic heterocycles. The lowest BCUT2D eigenvalue weighted by molar-refractivity contribution is -0.0650. The Morgan fingerprint density at radius 2 is 0.894 bits per heavy atom. The minimum atomic E-state index is -5.90. The maximum absolute atomic E-state index is 14.3.